The molecule has 0 fully saturated rings. The number of nitrogens with two attached hydrogens (primary N) is 1. The number of nitrogens with zero attached hydrogens (tertiary/aromatic N) is 2. The van der Waals surface area contributed by atoms with Crippen LogP contribution in [0.5, 0.6) is 0 Å². The van der Waals surface area contributed by atoms with Crippen molar-refractivity contribution in [1.82, 2.24) is 14.9 Å². The molecule has 0 spiro atoms. The summed E-state index contributed by atoms with van der Waals surface area (Å²) in [5, 5.41) is 6.69. The van der Waals surface area contributed by atoms with Gasteiger partial charge < -0.3 is 10.6 Å². The monoisotopic (exact) mass is 236 g/mol. The zero-order valence-corrected chi connectivity index (χ0v) is 9.57. The Hall–Kier alpha value is -1.66. The van der Waals surface area contributed by atoms with E-state index in [1.165, 1.54) is 4.68 Å². The third-order valence-electron chi connectivity index (χ3n) is 2.30. The number of aromatic amines is 1. The van der Waals surface area contributed by atoms with Crippen LogP contribution in [0.15, 0.2) is 30.3 Å². The predicted octanol–water partition coefficient (Wildman–Crippen LogP) is 1.39. The number of rotatable bonds is 3. The van der Waals surface area contributed by atoms with E-state index >= 15 is 0 Å². The van der Waals surface area contributed by atoms with Gasteiger partial charge in [-0.3, -0.25) is 5.10 Å². The minimum atomic E-state index is -0.320. The molecule has 1 aromatic carbocycles. The lowest BCUT2D eigenvalue weighted by Gasteiger charge is -2.14. The van der Waals surface area contributed by atoms with E-state index < -0.39 is 0 Å². The van der Waals surface area contributed by atoms with E-state index in [4.69, 9.17) is 22.8 Å². The molecule has 5 nitrogen and oxygen atoms in total. The normalized spacial score (nSPS) is 12.6. The van der Waals surface area contributed by atoms with Gasteiger partial charge in [-0.1, -0.05) is 30.3 Å². The summed E-state index contributed by atoms with van der Waals surface area (Å²) in [5.41, 5.74) is 0.978. The lowest BCUT2D eigenvalue weighted by molar-refractivity contribution is 0.127. The standard InChI is InChI=1S/C10H12N4OS/c1-15-8(7-5-3-2-4-6-7)9-12-13-10(16)14(9)11/h2-6,8H,11H2,1H3,(H,13,16). The Bertz CT molecular complexity index is 519. The number of hydrogen-bond acceptors (Lipinski definition) is 4. The molecule has 0 radical (unpaired) electrons. The molecular weight excluding hydrogens is 224 g/mol. The second kappa shape index (κ2) is 4.46. The van der Waals surface area contributed by atoms with Crippen molar-refractivity contribution in [2.75, 3.05) is 13.0 Å². The Labute approximate surface area is 97.8 Å². The van der Waals surface area contributed by atoms with Gasteiger partial charge in [0.15, 0.2) is 5.82 Å². The van der Waals surface area contributed by atoms with Crippen LogP contribution < -0.4 is 5.84 Å². The number of hydrogen-bond donors (Lipinski definition) is 2. The zero-order chi connectivity index (χ0) is 11.5. The average Bonchev–Trinajstić information content (AvgIpc) is 2.64. The number of benzene rings is 1. The first-order valence-corrected chi connectivity index (χ1v) is 5.15. The van der Waals surface area contributed by atoms with Gasteiger partial charge in [-0.05, 0) is 17.8 Å². The fourth-order valence-corrected chi connectivity index (χ4v) is 1.66. The van der Waals surface area contributed by atoms with E-state index in [1.54, 1.807) is 7.11 Å². The van der Waals surface area contributed by atoms with Crippen LogP contribution >= 0.6 is 12.2 Å². The molecule has 1 unspecified atom stereocenters. The van der Waals surface area contributed by atoms with E-state index in [0.717, 1.165) is 5.56 Å². The molecule has 1 atom stereocenters. The molecule has 0 saturated carbocycles. The third kappa shape index (κ3) is 1.84. The Morgan fingerprint density at radius 2 is 2.12 bits per heavy atom. The molecule has 2 aromatic rings. The highest BCUT2D eigenvalue weighted by Gasteiger charge is 2.18. The third-order valence-corrected chi connectivity index (χ3v) is 2.59. The van der Waals surface area contributed by atoms with Crippen molar-refractivity contribution < 1.29 is 4.74 Å². The van der Waals surface area contributed by atoms with E-state index in [-0.39, 0.29) is 6.10 Å². The maximum absolute atomic E-state index is 5.76. The number of methoxy groups -OCH3 is 1. The van der Waals surface area contributed by atoms with Crippen LogP contribution in [0.25, 0.3) is 0 Å². The maximum atomic E-state index is 5.76. The summed E-state index contributed by atoms with van der Waals surface area (Å²) in [6.45, 7) is 0. The Balaban J connectivity index is 2.45. The van der Waals surface area contributed by atoms with Crippen LogP contribution in [-0.4, -0.2) is 22.0 Å². The highest BCUT2D eigenvalue weighted by atomic mass is 32.1. The summed E-state index contributed by atoms with van der Waals surface area (Å²) in [6.07, 6.45) is -0.320. The maximum Gasteiger partial charge on any atom is 0.214 e. The van der Waals surface area contributed by atoms with Crippen molar-refractivity contribution in [3.63, 3.8) is 0 Å². The van der Waals surface area contributed by atoms with Crippen molar-refractivity contribution in [2.45, 2.75) is 6.10 Å². The number of aromatic nitrogens is 3. The van der Waals surface area contributed by atoms with Gasteiger partial charge in [0.05, 0.1) is 0 Å². The zero-order valence-electron chi connectivity index (χ0n) is 8.75. The summed E-state index contributed by atoms with van der Waals surface area (Å²) in [6, 6.07) is 9.71. The number of nitrogen functional groups attached to an aromatic ring is 1. The SMILES string of the molecule is COC(c1ccccc1)c1n[nH]c(=S)n1N. The highest BCUT2D eigenvalue weighted by molar-refractivity contribution is 7.71. The molecule has 84 valence electrons. The first-order valence-electron chi connectivity index (χ1n) is 4.74. The molecule has 0 bridgehead atoms. The summed E-state index contributed by atoms with van der Waals surface area (Å²) in [7, 11) is 1.61. The van der Waals surface area contributed by atoms with E-state index in [2.05, 4.69) is 10.2 Å². The molecule has 0 aliphatic rings. The summed E-state index contributed by atoms with van der Waals surface area (Å²) in [4.78, 5) is 0. The van der Waals surface area contributed by atoms with Crippen LogP contribution in [-0.2, 0) is 4.74 Å². The van der Waals surface area contributed by atoms with Gasteiger partial charge in [0.1, 0.15) is 6.10 Å². The summed E-state index contributed by atoms with van der Waals surface area (Å²) in [5.74, 6) is 6.31. The fraction of sp³-hybridized carbons (Fsp3) is 0.200. The molecule has 1 aromatic heterocycles. The lowest BCUT2D eigenvalue weighted by atomic mass is 10.1. The first kappa shape index (κ1) is 10.8. The Morgan fingerprint density at radius 3 is 2.62 bits per heavy atom. The molecule has 1 heterocycles. The highest BCUT2D eigenvalue weighted by Crippen LogP contribution is 2.22. The minimum absolute atomic E-state index is 0.320. The number of ether oxygens (including phenoxy) is 1. The molecule has 0 amide bonds. The van der Waals surface area contributed by atoms with Crippen molar-refractivity contribution in [1.29, 1.82) is 0 Å². The van der Waals surface area contributed by atoms with Crippen LogP contribution in [0.3, 0.4) is 0 Å². The van der Waals surface area contributed by atoms with E-state index in [0.29, 0.717) is 10.6 Å². The molecule has 3 N–H and O–H groups in total. The van der Waals surface area contributed by atoms with Gasteiger partial charge in [-0.15, -0.1) is 0 Å². The number of H-pyrrole nitrogens is 1. The number of nitrogens with one attached hydrogen (secondary N) is 1. The molecule has 0 saturated heterocycles. The van der Waals surface area contributed by atoms with Gasteiger partial charge in [-0.2, -0.15) is 5.10 Å². The van der Waals surface area contributed by atoms with Crippen molar-refractivity contribution in [2.24, 2.45) is 0 Å². The van der Waals surface area contributed by atoms with Gasteiger partial charge >= 0.3 is 0 Å². The van der Waals surface area contributed by atoms with E-state index in [9.17, 15) is 0 Å². The van der Waals surface area contributed by atoms with Crippen LogP contribution in [0.2, 0.25) is 0 Å². The topological polar surface area (TPSA) is 68.9 Å². The second-order valence-electron chi connectivity index (χ2n) is 3.28. The van der Waals surface area contributed by atoms with Gasteiger partial charge in [0.2, 0.25) is 4.77 Å². The van der Waals surface area contributed by atoms with E-state index in [1.807, 2.05) is 30.3 Å². The van der Waals surface area contributed by atoms with Crippen molar-refractivity contribution >= 4 is 12.2 Å². The lowest BCUT2D eigenvalue weighted by Crippen LogP contribution is -2.18. The predicted molar refractivity (Wildman–Crippen MR) is 62.9 cm³/mol. The molecule has 2 rings (SSSR count). The molecular formula is C10H12N4OS. The largest absolute Gasteiger partial charge is 0.369 e. The molecule has 0 aliphatic carbocycles. The molecule has 0 aliphatic heterocycles. The average molecular weight is 236 g/mol. The van der Waals surface area contributed by atoms with Gasteiger partial charge in [0, 0.05) is 7.11 Å². The smallest absolute Gasteiger partial charge is 0.214 e. The van der Waals surface area contributed by atoms with Gasteiger partial charge in [0.25, 0.3) is 0 Å². The Morgan fingerprint density at radius 1 is 1.44 bits per heavy atom. The summed E-state index contributed by atoms with van der Waals surface area (Å²) < 4.78 is 7.07. The first-order chi connectivity index (χ1) is 7.74. The fourth-order valence-electron chi connectivity index (χ4n) is 1.52. The second-order valence-corrected chi connectivity index (χ2v) is 3.67. The van der Waals surface area contributed by atoms with Crippen LogP contribution in [0.1, 0.15) is 17.5 Å². The minimum Gasteiger partial charge on any atom is -0.369 e. The van der Waals surface area contributed by atoms with Crippen LogP contribution in [0, 0.1) is 4.77 Å². The summed E-state index contributed by atoms with van der Waals surface area (Å²) >= 11 is 4.96. The quantitative estimate of drug-likeness (QED) is 0.624. The molecule has 16 heavy (non-hydrogen) atoms. The molecule has 6 heteroatoms. The Kier molecular flexibility index (Phi) is 3.02. The van der Waals surface area contributed by atoms with Crippen LogP contribution in [0.4, 0.5) is 0 Å². The van der Waals surface area contributed by atoms with Crippen molar-refractivity contribution in [3.05, 3.63) is 46.5 Å². The van der Waals surface area contributed by atoms with Crippen molar-refractivity contribution in [3.8, 4) is 0 Å². The van der Waals surface area contributed by atoms with Gasteiger partial charge in [-0.25, -0.2) is 4.68 Å².